The third-order valence-electron chi connectivity index (χ3n) is 4.54. The SMILES string of the molecule is CC(C(=O)Nc1ccc(Cl)cc1)C12CC(N)(C1)C2.Cl. The molecule has 3 aliphatic carbocycles. The normalized spacial score (nSPS) is 32.4. The Balaban J connectivity index is 0.00000133. The highest BCUT2D eigenvalue weighted by Gasteiger charge is 2.68. The van der Waals surface area contributed by atoms with Crippen LogP contribution < -0.4 is 11.1 Å². The number of hydrogen-bond acceptors (Lipinski definition) is 2. The summed E-state index contributed by atoms with van der Waals surface area (Å²) in [6.07, 6.45) is 2.99. The van der Waals surface area contributed by atoms with Crippen molar-refractivity contribution in [2.75, 3.05) is 5.32 Å². The standard InChI is InChI=1S/C14H17ClN2O.ClH/c1-9(13-6-14(16,7-13)8-13)12(18)17-11-4-2-10(15)3-5-11;/h2-5,9H,6-8,16H2,1H3,(H,17,18);1H. The number of hydrogen-bond donors (Lipinski definition) is 2. The van der Waals surface area contributed by atoms with Crippen molar-refractivity contribution in [2.24, 2.45) is 17.1 Å². The average molecular weight is 301 g/mol. The number of anilines is 1. The van der Waals surface area contributed by atoms with Crippen LogP contribution >= 0.6 is 24.0 Å². The molecule has 1 atom stereocenters. The van der Waals surface area contributed by atoms with Crippen molar-refractivity contribution in [1.82, 2.24) is 0 Å². The number of carbonyl (C=O) groups is 1. The van der Waals surface area contributed by atoms with Crippen LogP contribution in [0.15, 0.2) is 24.3 Å². The minimum Gasteiger partial charge on any atom is -0.326 e. The topological polar surface area (TPSA) is 55.1 Å². The van der Waals surface area contributed by atoms with Gasteiger partial charge in [-0.3, -0.25) is 4.79 Å². The Morgan fingerprint density at radius 3 is 2.32 bits per heavy atom. The highest BCUT2D eigenvalue weighted by atomic mass is 35.5. The van der Waals surface area contributed by atoms with Crippen LogP contribution in [0.5, 0.6) is 0 Å². The highest BCUT2D eigenvalue weighted by Crippen LogP contribution is 2.69. The molecule has 4 rings (SSSR count). The van der Waals surface area contributed by atoms with Gasteiger partial charge in [-0.25, -0.2) is 0 Å². The van der Waals surface area contributed by atoms with E-state index >= 15 is 0 Å². The molecule has 0 radical (unpaired) electrons. The van der Waals surface area contributed by atoms with Gasteiger partial charge in [-0.2, -0.15) is 0 Å². The zero-order valence-electron chi connectivity index (χ0n) is 10.8. The lowest BCUT2D eigenvalue weighted by molar-refractivity contribution is -0.174. The van der Waals surface area contributed by atoms with Gasteiger partial charge in [0.25, 0.3) is 0 Å². The van der Waals surface area contributed by atoms with Gasteiger partial charge in [0.05, 0.1) is 0 Å². The predicted molar refractivity (Wildman–Crippen MR) is 79.7 cm³/mol. The summed E-state index contributed by atoms with van der Waals surface area (Å²) in [6.45, 7) is 2.00. The molecule has 3 N–H and O–H groups in total. The van der Waals surface area contributed by atoms with Crippen molar-refractivity contribution >= 4 is 35.6 Å². The van der Waals surface area contributed by atoms with Crippen molar-refractivity contribution in [3.8, 4) is 0 Å². The number of rotatable bonds is 3. The number of nitrogens with two attached hydrogens (primary N) is 1. The molecule has 1 unspecified atom stereocenters. The molecule has 1 amide bonds. The molecule has 3 nitrogen and oxygen atoms in total. The molecule has 3 fully saturated rings. The van der Waals surface area contributed by atoms with Crippen LogP contribution in [0.2, 0.25) is 5.02 Å². The summed E-state index contributed by atoms with van der Waals surface area (Å²) in [4.78, 5) is 12.2. The Labute approximate surface area is 124 Å². The first-order valence-electron chi connectivity index (χ1n) is 6.28. The van der Waals surface area contributed by atoms with Crippen LogP contribution in [0.1, 0.15) is 26.2 Å². The van der Waals surface area contributed by atoms with Gasteiger partial charge in [-0.1, -0.05) is 18.5 Å². The Bertz CT molecular complexity index is 481. The summed E-state index contributed by atoms with van der Waals surface area (Å²) in [5, 5.41) is 3.61. The largest absolute Gasteiger partial charge is 0.326 e. The van der Waals surface area contributed by atoms with E-state index in [1.165, 1.54) is 0 Å². The highest BCUT2D eigenvalue weighted by molar-refractivity contribution is 6.30. The van der Waals surface area contributed by atoms with Crippen LogP contribution in [-0.2, 0) is 4.79 Å². The van der Waals surface area contributed by atoms with Gasteiger partial charge in [0.2, 0.25) is 5.91 Å². The quantitative estimate of drug-likeness (QED) is 0.900. The second-order valence-electron chi connectivity index (χ2n) is 5.97. The van der Waals surface area contributed by atoms with Gasteiger partial charge in [0.15, 0.2) is 0 Å². The van der Waals surface area contributed by atoms with E-state index in [4.69, 9.17) is 17.3 Å². The van der Waals surface area contributed by atoms with Gasteiger partial charge in [0, 0.05) is 22.2 Å². The Morgan fingerprint density at radius 1 is 1.32 bits per heavy atom. The van der Waals surface area contributed by atoms with Crippen molar-refractivity contribution in [3.05, 3.63) is 29.3 Å². The number of nitrogens with one attached hydrogen (secondary N) is 1. The number of halogens is 2. The Hall–Kier alpha value is -0.770. The summed E-state index contributed by atoms with van der Waals surface area (Å²) in [5.74, 6) is 0.109. The van der Waals surface area contributed by atoms with E-state index in [0.717, 1.165) is 24.9 Å². The maximum Gasteiger partial charge on any atom is 0.227 e. The Kier molecular flexibility index (Phi) is 3.58. The van der Waals surface area contributed by atoms with E-state index in [2.05, 4.69) is 5.32 Å². The lowest BCUT2D eigenvalue weighted by Gasteiger charge is -2.71. The van der Waals surface area contributed by atoms with Gasteiger partial charge < -0.3 is 11.1 Å². The van der Waals surface area contributed by atoms with E-state index < -0.39 is 0 Å². The molecular formula is C14H18Cl2N2O. The molecule has 2 bridgehead atoms. The molecule has 0 saturated heterocycles. The maximum absolute atomic E-state index is 12.2. The lowest BCUT2D eigenvalue weighted by Crippen LogP contribution is -2.75. The molecule has 3 aliphatic rings. The van der Waals surface area contributed by atoms with E-state index in [1.54, 1.807) is 12.1 Å². The fourth-order valence-corrected chi connectivity index (χ4v) is 3.60. The predicted octanol–water partition coefficient (Wildman–Crippen LogP) is 3.22. The van der Waals surface area contributed by atoms with Crippen molar-refractivity contribution in [3.63, 3.8) is 0 Å². The molecule has 1 aromatic carbocycles. The molecular weight excluding hydrogens is 283 g/mol. The van der Waals surface area contributed by atoms with Crippen molar-refractivity contribution in [2.45, 2.75) is 31.7 Å². The van der Waals surface area contributed by atoms with Crippen LogP contribution in [0, 0.1) is 11.3 Å². The van der Waals surface area contributed by atoms with Crippen LogP contribution in [0.4, 0.5) is 5.69 Å². The third-order valence-corrected chi connectivity index (χ3v) is 4.79. The minimum atomic E-state index is 0. The first-order valence-corrected chi connectivity index (χ1v) is 6.66. The monoisotopic (exact) mass is 300 g/mol. The van der Waals surface area contributed by atoms with E-state index in [0.29, 0.717) is 5.02 Å². The zero-order valence-corrected chi connectivity index (χ0v) is 12.4. The second-order valence-corrected chi connectivity index (χ2v) is 6.41. The molecule has 1 aromatic rings. The third kappa shape index (κ3) is 2.35. The molecule has 0 heterocycles. The smallest absolute Gasteiger partial charge is 0.227 e. The van der Waals surface area contributed by atoms with Crippen LogP contribution in [-0.4, -0.2) is 11.4 Å². The average Bonchev–Trinajstić information content (AvgIpc) is 2.26. The molecule has 3 saturated carbocycles. The first kappa shape index (κ1) is 14.6. The maximum atomic E-state index is 12.2. The number of carbonyl (C=O) groups excluding carboxylic acids is 1. The first-order chi connectivity index (χ1) is 8.42. The zero-order chi connectivity index (χ0) is 13.0. The Morgan fingerprint density at radius 2 is 1.84 bits per heavy atom. The van der Waals surface area contributed by atoms with Gasteiger partial charge in [0.1, 0.15) is 0 Å². The fraction of sp³-hybridized carbons (Fsp3) is 0.500. The molecule has 19 heavy (non-hydrogen) atoms. The van der Waals surface area contributed by atoms with Gasteiger partial charge >= 0.3 is 0 Å². The summed E-state index contributed by atoms with van der Waals surface area (Å²) < 4.78 is 0. The summed E-state index contributed by atoms with van der Waals surface area (Å²) >= 11 is 5.81. The van der Waals surface area contributed by atoms with Crippen LogP contribution in [0.25, 0.3) is 0 Å². The fourth-order valence-electron chi connectivity index (χ4n) is 3.47. The minimum absolute atomic E-state index is 0. The summed E-state index contributed by atoms with van der Waals surface area (Å²) in [5.41, 5.74) is 7.05. The number of amides is 1. The van der Waals surface area contributed by atoms with Gasteiger partial charge in [-0.05, 0) is 48.9 Å². The van der Waals surface area contributed by atoms with E-state index in [9.17, 15) is 4.79 Å². The molecule has 5 heteroatoms. The van der Waals surface area contributed by atoms with Crippen molar-refractivity contribution in [1.29, 1.82) is 0 Å². The molecule has 0 aliphatic heterocycles. The second kappa shape index (κ2) is 4.65. The van der Waals surface area contributed by atoms with Gasteiger partial charge in [-0.15, -0.1) is 12.4 Å². The van der Waals surface area contributed by atoms with E-state index in [-0.39, 0.29) is 35.2 Å². The molecule has 0 aromatic heterocycles. The van der Waals surface area contributed by atoms with Crippen molar-refractivity contribution < 1.29 is 4.79 Å². The molecule has 0 spiro atoms. The summed E-state index contributed by atoms with van der Waals surface area (Å²) in [7, 11) is 0. The number of benzene rings is 1. The van der Waals surface area contributed by atoms with E-state index in [1.807, 2.05) is 19.1 Å². The van der Waals surface area contributed by atoms with Crippen LogP contribution in [0.3, 0.4) is 0 Å². The molecule has 104 valence electrons. The lowest BCUT2D eigenvalue weighted by atomic mass is 9.36. The summed E-state index contributed by atoms with van der Waals surface area (Å²) in [6, 6.07) is 7.19.